The first-order valence-corrected chi connectivity index (χ1v) is 11.9. The summed E-state index contributed by atoms with van der Waals surface area (Å²) in [6.07, 6.45) is -3.77. The number of benzene rings is 2. The smallest absolute Gasteiger partial charge is 0.356 e. The number of likely N-dealkylation sites (tertiary alicyclic amines) is 1. The molecule has 35 heavy (non-hydrogen) atoms. The quantitative estimate of drug-likeness (QED) is 0.683. The second-order valence-corrected chi connectivity index (χ2v) is 9.73. The average Bonchev–Trinajstić information content (AvgIpc) is 2.82. The van der Waals surface area contributed by atoms with Gasteiger partial charge in [0, 0.05) is 44.6 Å². The number of carbonyl (C=O) groups excluding carboxylic acids is 2. The zero-order chi connectivity index (χ0) is 25.4. The van der Waals surface area contributed by atoms with Gasteiger partial charge in [-0.3, -0.25) is 9.59 Å². The zero-order valence-electron chi connectivity index (χ0n) is 20.2. The summed E-state index contributed by atoms with van der Waals surface area (Å²) < 4.78 is 48.2. The van der Waals surface area contributed by atoms with Crippen molar-refractivity contribution in [2.24, 2.45) is 5.41 Å². The third-order valence-corrected chi connectivity index (χ3v) is 8.01. The molecular weight excluding hydrogens is 457 g/mol. The van der Waals surface area contributed by atoms with Gasteiger partial charge in [-0.05, 0) is 48.8 Å². The molecular formula is C27H31F3N2O3. The van der Waals surface area contributed by atoms with Crippen LogP contribution in [0, 0.1) is 19.3 Å². The molecule has 0 aliphatic carbocycles. The Bertz CT molecular complexity index is 1090. The Morgan fingerprint density at radius 2 is 1.71 bits per heavy atom. The van der Waals surface area contributed by atoms with Gasteiger partial charge in [0.15, 0.2) is 0 Å². The van der Waals surface area contributed by atoms with Crippen molar-refractivity contribution in [3.05, 3.63) is 70.8 Å². The lowest BCUT2D eigenvalue weighted by molar-refractivity contribution is -0.271. The summed E-state index contributed by atoms with van der Waals surface area (Å²) in [5.41, 5.74) is -0.277. The number of halogens is 3. The molecule has 1 N–H and O–H groups in total. The molecule has 4 rings (SSSR count). The maximum Gasteiger partial charge on any atom is 0.430 e. The summed E-state index contributed by atoms with van der Waals surface area (Å²) in [6.45, 7) is 4.83. The van der Waals surface area contributed by atoms with Crippen molar-refractivity contribution >= 4 is 11.8 Å². The van der Waals surface area contributed by atoms with E-state index in [4.69, 9.17) is 4.74 Å². The highest BCUT2D eigenvalue weighted by atomic mass is 19.4. The summed E-state index contributed by atoms with van der Waals surface area (Å²) in [4.78, 5) is 27.2. The van der Waals surface area contributed by atoms with Gasteiger partial charge in [-0.1, -0.05) is 48.5 Å². The van der Waals surface area contributed by atoms with Crippen molar-refractivity contribution in [3.8, 4) is 0 Å². The van der Waals surface area contributed by atoms with Gasteiger partial charge in [-0.15, -0.1) is 0 Å². The summed E-state index contributed by atoms with van der Waals surface area (Å²) >= 11 is 0. The lowest BCUT2D eigenvalue weighted by Gasteiger charge is -2.50. The van der Waals surface area contributed by atoms with Crippen molar-refractivity contribution in [2.75, 3.05) is 26.7 Å². The Morgan fingerprint density at radius 3 is 2.31 bits per heavy atom. The molecule has 2 aliphatic heterocycles. The van der Waals surface area contributed by atoms with Crippen LogP contribution in [0.3, 0.4) is 0 Å². The lowest BCUT2D eigenvalue weighted by Crippen LogP contribution is -2.60. The number of nitrogens with zero attached hydrogens (tertiary/aromatic N) is 1. The van der Waals surface area contributed by atoms with Crippen LogP contribution >= 0.6 is 0 Å². The van der Waals surface area contributed by atoms with Crippen molar-refractivity contribution in [3.63, 3.8) is 0 Å². The van der Waals surface area contributed by atoms with Crippen LogP contribution < -0.4 is 5.32 Å². The van der Waals surface area contributed by atoms with Crippen LogP contribution in [-0.4, -0.2) is 49.6 Å². The van der Waals surface area contributed by atoms with Crippen LogP contribution in [0.25, 0.3) is 0 Å². The molecule has 188 valence electrons. The van der Waals surface area contributed by atoms with Gasteiger partial charge in [0.05, 0.1) is 0 Å². The predicted molar refractivity (Wildman–Crippen MR) is 126 cm³/mol. The zero-order valence-corrected chi connectivity index (χ0v) is 20.2. The fraction of sp³-hybridized carbons (Fsp3) is 0.481. The van der Waals surface area contributed by atoms with Gasteiger partial charge in [-0.25, -0.2) is 0 Å². The van der Waals surface area contributed by atoms with Gasteiger partial charge in [0.25, 0.3) is 11.5 Å². The standard InChI is InChI=1S/C27H31F3N2O3/c1-18-8-7-11-21(19(18)2)22-17-31-23(33)16-25(22)12-14-32(15-13-25)24(34)26(35-3,27(28,29)30)20-9-5-4-6-10-20/h4-11,22H,12-17H2,1-3H3,(H,31,33)/t22-,26+/m0/s1. The van der Waals surface area contributed by atoms with E-state index in [1.807, 2.05) is 19.1 Å². The minimum absolute atomic E-state index is 0.0290. The summed E-state index contributed by atoms with van der Waals surface area (Å²) in [5.74, 6) is -1.14. The minimum Gasteiger partial charge on any atom is -0.356 e. The Kier molecular flexibility index (Phi) is 6.70. The summed E-state index contributed by atoms with van der Waals surface area (Å²) in [6, 6.07) is 13.2. The molecule has 0 bridgehead atoms. The van der Waals surface area contributed by atoms with Crippen LogP contribution in [0.2, 0.25) is 0 Å². The molecule has 8 heteroatoms. The third-order valence-electron chi connectivity index (χ3n) is 8.01. The molecule has 2 fully saturated rings. The van der Waals surface area contributed by atoms with Gasteiger partial charge in [0.2, 0.25) is 5.91 Å². The normalized spacial score (nSPS) is 21.9. The SMILES string of the molecule is CO[C@@](C(=O)N1CCC2(CC1)CC(=O)NC[C@H]2c1cccc(C)c1C)(c1ccccc1)C(F)(F)F. The lowest BCUT2D eigenvalue weighted by atomic mass is 9.61. The number of alkyl halides is 3. The van der Waals surface area contributed by atoms with Crippen molar-refractivity contribution in [1.82, 2.24) is 10.2 Å². The summed E-state index contributed by atoms with van der Waals surface area (Å²) in [7, 11) is 0.922. The number of nitrogens with one attached hydrogen (secondary N) is 1. The van der Waals surface area contributed by atoms with Gasteiger partial charge >= 0.3 is 6.18 Å². The van der Waals surface area contributed by atoms with Crippen LogP contribution in [0.1, 0.15) is 47.4 Å². The molecule has 0 unspecified atom stereocenters. The van der Waals surface area contributed by atoms with Gasteiger partial charge < -0.3 is 15.0 Å². The van der Waals surface area contributed by atoms with Crippen LogP contribution in [-0.2, 0) is 19.9 Å². The first kappa shape index (κ1) is 25.2. The van der Waals surface area contributed by atoms with E-state index < -0.39 is 23.1 Å². The molecule has 2 amide bonds. The highest BCUT2D eigenvalue weighted by molar-refractivity contribution is 5.88. The number of piperidine rings is 2. The van der Waals surface area contributed by atoms with Crippen LogP contribution in [0.4, 0.5) is 13.2 Å². The molecule has 2 atom stereocenters. The molecule has 2 aromatic rings. The number of rotatable bonds is 4. The highest BCUT2D eigenvalue weighted by Gasteiger charge is 2.64. The van der Waals surface area contributed by atoms with Gasteiger partial charge in [-0.2, -0.15) is 13.2 Å². The second kappa shape index (κ2) is 9.30. The number of aryl methyl sites for hydroxylation is 1. The molecule has 2 heterocycles. The highest BCUT2D eigenvalue weighted by Crippen LogP contribution is 2.51. The number of hydrogen-bond acceptors (Lipinski definition) is 3. The fourth-order valence-corrected chi connectivity index (χ4v) is 5.83. The molecule has 2 aliphatic rings. The van der Waals surface area contributed by atoms with E-state index in [1.165, 1.54) is 29.2 Å². The largest absolute Gasteiger partial charge is 0.430 e. The average molecular weight is 489 g/mol. The number of methoxy groups -OCH3 is 1. The first-order chi connectivity index (χ1) is 16.6. The van der Waals surface area contributed by atoms with Crippen molar-refractivity contribution in [2.45, 2.75) is 50.8 Å². The van der Waals surface area contributed by atoms with Gasteiger partial charge in [0.1, 0.15) is 0 Å². The predicted octanol–water partition coefficient (Wildman–Crippen LogP) is 4.62. The Balaban J connectivity index is 1.64. The first-order valence-electron chi connectivity index (χ1n) is 11.9. The van der Waals surface area contributed by atoms with Crippen molar-refractivity contribution < 1.29 is 27.5 Å². The van der Waals surface area contributed by atoms with Crippen LogP contribution in [0.5, 0.6) is 0 Å². The Morgan fingerprint density at radius 1 is 1.06 bits per heavy atom. The Hall–Kier alpha value is -2.87. The molecule has 5 nitrogen and oxygen atoms in total. The molecule has 1 spiro atoms. The number of carbonyl (C=O) groups is 2. The molecule has 2 saturated heterocycles. The fourth-order valence-electron chi connectivity index (χ4n) is 5.83. The summed E-state index contributed by atoms with van der Waals surface area (Å²) in [5, 5.41) is 2.97. The van der Waals surface area contributed by atoms with Crippen LogP contribution in [0.15, 0.2) is 48.5 Å². The molecule has 0 radical (unpaired) electrons. The third kappa shape index (κ3) is 4.22. The van der Waals surface area contributed by atoms with E-state index in [0.29, 0.717) is 25.8 Å². The van der Waals surface area contributed by atoms with E-state index in [2.05, 4.69) is 18.3 Å². The second-order valence-electron chi connectivity index (χ2n) is 9.73. The number of hydrogen-bond donors (Lipinski definition) is 1. The number of ether oxygens (including phenoxy) is 1. The monoisotopic (exact) mass is 488 g/mol. The number of amides is 2. The molecule has 2 aromatic carbocycles. The topological polar surface area (TPSA) is 58.6 Å². The Labute approximate surface area is 203 Å². The van der Waals surface area contributed by atoms with E-state index in [-0.39, 0.29) is 30.5 Å². The maximum absolute atomic E-state index is 14.4. The van der Waals surface area contributed by atoms with E-state index >= 15 is 0 Å². The van der Waals surface area contributed by atoms with Crippen molar-refractivity contribution in [1.29, 1.82) is 0 Å². The van der Waals surface area contributed by atoms with E-state index in [9.17, 15) is 22.8 Å². The van der Waals surface area contributed by atoms with E-state index in [0.717, 1.165) is 23.8 Å². The molecule has 0 aromatic heterocycles. The van der Waals surface area contributed by atoms with E-state index in [1.54, 1.807) is 6.07 Å². The molecule has 0 saturated carbocycles. The maximum atomic E-state index is 14.4. The minimum atomic E-state index is -4.94.